The maximum atomic E-state index is 13.2. The zero-order valence-corrected chi connectivity index (χ0v) is 21.3. The first kappa shape index (κ1) is 26.4. The summed E-state index contributed by atoms with van der Waals surface area (Å²) in [5.74, 6) is 1.20. The van der Waals surface area contributed by atoms with Gasteiger partial charge in [-0.25, -0.2) is 4.98 Å². The third-order valence-electron chi connectivity index (χ3n) is 6.46. The molecule has 2 aromatic heterocycles. The number of pyridine rings is 1. The summed E-state index contributed by atoms with van der Waals surface area (Å²) in [6.45, 7) is 1.86. The number of carbonyl (C=O) groups is 1. The van der Waals surface area contributed by atoms with Crippen molar-refractivity contribution in [2.45, 2.75) is 12.7 Å². The zero-order chi connectivity index (χ0) is 27.4. The van der Waals surface area contributed by atoms with Gasteiger partial charge in [-0.3, -0.25) is 9.69 Å². The first-order valence-electron chi connectivity index (χ1n) is 12.5. The molecule has 39 heavy (non-hydrogen) atoms. The second-order valence-corrected chi connectivity index (χ2v) is 9.29. The number of alkyl halides is 3. The summed E-state index contributed by atoms with van der Waals surface area (Å²) in [4.78, 5) is 24.7. The molecular weight excluding hydrogens is 511 g/mol. The lowest BCUT2D eigenvalue weighted by Gasteiger charge is -2.34. The molecule has 2 aromatic carbocycles. The smallest absolute Gasteiger partial charge is 0.422 e. The van der Waals surface area contributed by atoms with Crippen molar-refractivity contribution in [3.8, 4) is 17.4 Å². The molecule has 0 saturated carbocycles. The fourth-order valence-corrected chi connectivity index (χ4v) is 4.39. The van der Waals surface area contributed by atoms with E-state index >= 15 is 0 Å². The summed E-state index contributed by atoms with van der Waals surface area (Å²) in [7, 11) is 1.82. The van der Waals surface area contributed by atoms with E-state index in [1.54, 1.807) is 36.5 Å². The van der Waals surface area contributed by atoms with E-state index in [0.717, 1.165) is 22.2 Å². The monoisotopic (exact) mass is 539 g/mol. The normalized spacial score (nSPS) is 14.4. The molecule has 1 amide bonds. The highest BCUT2D eigenvalue weighted by Crippen LogP contribution is 2.26. The first-order valence-corrected chi connectivity index (χ1v) is 12.5. The number of anilines is 1. The minimum Gasteiger partial charge on any atom is -0.484 e. The maximum Gasteiger partial charge on any atom is 0.422 e. The van der Waals surface area contributed by atoms with E-state index in [1.807, 2.05) is 42.3 Å². The van der Waals surface area contributed by atoms with Crippen LogP contribution in [0, 0.1) is 0 Å². The number of fused-ring (bicyclic) bond motifs is 1. The van der Waals surface area contributed by atoms with Crippen LogP contribution >= 0.6 is 0 Å². The highest BCUT2D eigenvalue weighted by atomic mass is 19.4. The number of hydrogen-bond acceptors (Lipinski definition) is 6. The Morgan fingerprint density at radius 3 is 2.41 bits per heavy atom. The second kappa shape index (κ2) is 11.2. The van der Waals surface area contributed by atoms with Crippen molar-refractivity contribution < 1.29 is 27.4 Å². The predicted octanol–water partition coefficient (Wildman–Crippen LogP) is 5.30. The van der Waals surface area contributed by atoms with Crippen molar-refractivity contribution in [1.82, 2.24) is 19.8 Å². The lowest BCUT2D eigenvalue weighted by molar-refractivity contribution is -0.153. The molecule has 2 N–H and O–H groups in total. The van der Waals surface area contributed by atoms with E-state index in [2.05, 4.69) is 20.2 Å². The molecule has 1 fully saturated rings. The number of aromatic nitrogens is 2. The predicted molar refractivity (Wildman–Crippen MR) is 141 cm³/mol. The summed E-state index contributed by atoms with van der Waals surface area (Å²) in [6.07, 6.45) is -2.68. The Morgan fingerprint density at radius 1 is 1.00 bits per heavy atom. The van der Waals surface area contributed by atoms with Crippen LogP contribution < -0.4 is 14.8 Å². The van der Waals surface area contributed by atoms with Gasteiger partial charge in [0.2, 0.25) is 5.88 Å². The lowest BCUT2D eigenvalue weighted by atomic mass is 10.2. The van der Waals surface area contributed by atoms with E-state index < -0.39 is 12.8 Å². The number of amides is 1. The van der Waals surface area contributed by atoms with Gasteiger partial charge in [0, 0.05) is 62.8 Å². The van der Waals surface area contributed by atoms with E-state index in [9.17, 15) is 18.0 Å². The number of piperazine rings is 1. The zero-order valence-electron chi connectivity index (χ0n) is 21.3. The molecule has 0 bridgehead atoms. The quantitative estimate of drug-likeness (QED) is 0.317. The molecule has 1 aliphatic heterocycles. The molecular formula is C28H28F3N5O3. The molecule has 11 heteroatoms. The largest absolute Gasteiger partial charge is 0.484 e. The highest BCUT2D eigenvalue weighted by molar-refractivity contribution is 5.98. The topological polar surface area (TPSA) is 82.7 Å². The summed E-state index contributed by atoms with van der Waals surface area (Å²) >= 11 is 0. The van der Waals surface area contributed by atoms with Gasteiger partial charge in [-0.2, -0.15) is 13.2 Å². The van der Waals surface area contributed by atoms with Crippen molar-refractivity contribution in [3.63, 3.8) is 0 Å². The molecule has 4 aromatic rings. The molecule has 0 spiro atoms. The van der Waals surface area contributed by atoms with Crippen LogP contribution in [-0.2, 0) is 6.54 Å². The summed E-state index contributed by atoms with van der Waals surface area (Å²) in [6, 6.07) is 17.7. The highest BCUT2D eigenvalue weighted by Gasteiger charge is 2.28. The fraction of sp³-hybridized carbons (Fsp3) is 0.286. The number of benzene rings is 2. The third kappa shape index (κ3) is 6.80. The third-order valence-corrected chi connectivity index (χ3v) is 6.46. The van der Waals surface area contributed by atoms with Gasteiger partial charge in [0.15, 0.2) is 6.61 Å². The molecule has 5 rings (SSSR count). The Morgan fingerprint density at radius 2 is 1.74 bits per heavy atom. The van der Waals surface area contributed by atoms with Gasteiger partial charge in [0.05, 0.1) is 11.9 Å². The Hall–Kier alpha value is -4.25. The number of aromatic amines is 1. The van der Waals surface area contributed by atoms with Crippen LogP contribution in [-0.4, -0.2) is 71.7 Å². The number of nitrogens with one attached hydrogen (secondary N) is 2. The van der Waals surface area contributed by atoms with Crippen molar-refractivity contribution in [2.75, 3.05) is 45.2 Å². The van der Waals surface area contributed by atoms with Crippen molar-refractivity contribution in [3.05, 3.63) is 78.1 Å². The van der Waals surface area contributed by atoms with E-state index in [-0.39, 0.29) is 11.7 Å². The van der Waals surface area contributed by atoms with Gasteiger partial charge in [-0.1, -0.05) is 12.1 Å². The SMILES string of the molecule is CNc1ccc(Oc2ccc3cc(C(=O)N4CCN(Cc5ccc(OCC(F)(F)F)cc5)CC4)[nH]c3c2)nc1. The van der Waals surface area contributed by atoms with Gasteiger partial charge in [0.1, 0.15) is 17.2 Å². The minimum absolute atomic E-state index is 0.0659. The lowest BCUT2D eigenvalue weighted by Crippen LogP contribution is -2.48. The summed E-state index contributed by atoms with van der Waals surface area (Å²) < 4.78 is 47.6. The molecule has 0 unspecified atom stereocenters. The van der Waals surface area contributed by atoms with Crippen LogP contribution in [0.15, 0.2) is 66.9 Å². The van der Waals surface area contributed by atoms with Crippen LogP contribution in [0.1, 0.15) is 16.1 Å². The minimum atomic E-state index is -4.36. The molecule has 3 heterocycles. The number of ether oxygens (including phenoxy) is 2. The number of H-pyrrole nitrogens is 1. The van der Waals surface area contributed by atoms with Crippen molar-refractivity contribution in [1.29, 1.82) is 0 Å². The Balaban J connectivity index is 1.14. The fourth-order valence-electron chi connectivity index (χ4n) is 4.39. The maximum absolute atomic E-state index is 13.2. The van der Waals surface area contributed by atoms with E-state index in [1.165, 1.54) is 0 Å². The number of halogens is 3. The van der Waals surface area contributed by atoms with Gasteiger partial charge in [0.25, 0.3) is 5.91 Å². The molecule has 1 saturated heterocycles. The second-order valence-electron chi connectivity index (χ2n) is 9.29. The van der Waals surface area contributed by atoms with Gasteiger partial charge in [-0.05, 0) is 42.0 Å². The van der Waals surface area contributed by atoms with Crippen LogP contribution in [0.4, 0.5) is 18.9 Å². The Kier molecular flexibility index (Phi) is 7.60. The number of carbonyl (C=O) groups excluding carboxylic acids is 1. The number of rotatable bonds is 8. The summed E-state index contributed by atoms with van der Waals surface area (Å²) in [5, 5.41) is 3.92. The number of hydrogen-bond donors (Lipinski definition) is 2. The van der Waals surface area contributed by atoms with Crippen molar-refractivity contribution in [2.24, 2.45) is 0 Å². The van der Waals surface area contributed by atoms with Gasteiger partial charge in [-0.15, -0.1) is 0 Å². The molecule has 8 nitrogen and oxygen atoms in total. The van der Waals surface area contributed by atoms with Gasteiger partial charge >= 0.3 is 6.18 Å². The first-order chi connectivity index (χ1) is 18.8. The van der Waals surface area contributed by atoms with Crippen LogP contribution in [0.2, 0.25) is 0 Å². The van der Waals surface area contributed by atoms with Crippen LogP contribution in [0.5, 0.6) is 17.4 Å². The Labute approximate surface area is 223 Å². The average molecular weight is 540 g/mol. The van der Waals surface area contributed by atoms with Gasteiger partial charge < -0.3 is 24.7 Å². The van der Waals surface area contributed by atoms with Crippen molar-refractivity contribution >= 4 is 22.5 Å². The Bertz CT molecular complexity index is 1410. The molecule has 1 aliphatic rings. The van der Waals surface area contributed by atoms with E-state index in [0.29, 0.717) is 50.0 Å². The summed E-state index contributed by atoms with van der Waals surface area (Å²) in [5.41, 5.74) is 3.17. The molecule has 0 radical (unpaired) electrons. The standard InChI is InChI=1S/C28H28F3N5O3/c1-32-21-5-9-26(33-16-21)39-23-8-4-20-14-25(34-24(20)15-23)27(37)36-12-10-35(11-13-36)17-19-2-6-22(7-3-19)38-18-28(29,30)31/h2-9,14-16,32,34H,10-13,17-18H2,1H3. The van der Waals surface area contributed by atoms with E-state index in [4.69, 9.17) is 9.47 Å². The van der Waals surface area contributed by atoms with Crippen LogP contribution in [0.3, 0.4) is 0 Å². The molecule has 0 atom stereocenters. The number of nitrogens with zero attached hydrogens (tertiary/aromatic N) is 3. The van der Waals surface area contributed by atoms with Crippen LogP contribution in [0.25, 0.3) is 10.9 Å². The molecule has 0 aliphatic carbocycles. The average Bonchev–Trinajstić information content (AvgIpc) is 3.36. The molecule has 204 valence electrons.